The summed E-state index contributed by atoms with van der Waals surface area (Å²) in [5, 5.41) is 0.850. The summed E-state index contributed by atoms with van der Waals surface area (Å²) in [6.45, 7) is 13.6. The van der Waals surface area contributed by atoms with Gasteiger partial charge in [-0.3, -0.25) is 0 Å². The smallest absolute Gasteiger partial charge is 0.0441 e. The fraction of sp³-hybridized carbons (Fsp3) is 0.429. The first-order valence-corrected chi connectivity index (χ1v) is 8.34. The van der Waals surface area contributed by atoms with Gasteiger partial charge in [-0.2, -0.15) is 0 Å². The van der Waals surface area contributed by atoms with Crippen molar-refractivity contribution in [3.8, 4) is 0 Å². The maximum absolute atomic E-state index is 6.37. The van der Waals surface area contributed by atoms with E-state index in [1.54, 1.807) is 0 Å². The minimum atomic E-state index is 0.132. The average Bonchev–Trinajstić information content (AvgIpc) is 2.39. The molecule has 1 heteroatoms. The highest BCUT2D eigenvalue weighted by Gasteiger charge is 2.21. The van der Waals surface area contributed by atoms with Crippen LogP contribution in [0.5, 0.6) is 0 Å². The van der Waals surface area contributed by atoms with Crippen LogP contribution in [0, 0.1) is 0 Å². The molecule has 0 amide bonds. The highest BCUT2D eigenvalue weighted by atomic mass is 35.5. The molecule has 0 fully saturated rings. The van der Waals surface area contributed by atoms with Crippen LogP contribution >= 0.6 is 11.6 Å². The van der Waals surface area contributed by atoms with Crippen molar-refractivity contribution in [3.63, 3.8) is 0 Å². The van der Waals surface area contributed by atoms with E-state index in [2.05, 4.69) is 71.9 Å². The van der Waals surface area contributed by atoms with Crippen LogP contribution in [0.1, 0.15) is 63.8 Å². The van der Waals surface area contributed by atoms with Gasteiger partial charge in [0.2, 0.25) is 0 Å². The zero-order chi connectivity index (χ0) is 16.5. The normalized spacial score (nSPS) is 12.5. The Labute approximate surface area is 140 Å². The number of benzene rings is 2. The van der Waals surface area contributed by atoms with Crippen LogP contribution in [-0.4, -0.2) is 0 Å². The van der Waals surface area contributed by atoms with Crippen LogP contribution < -0.4 is 0 Å². The highest BCUT2D eigenvalue weighted by molar-refractivity contribution is 6.31. The predicted molar refractivity (Wildman–Crippen MR) is 98.1 cm³/mol. The van der Waals surface area contributed by atoms with Crippen molar-refractivity contribution >= 4 is 11.6 Å². The Hall–Kier alpha value is -1.27. The summed E-state index contributed by atoms with van der Waals surface area (Å²) in [4.78, 5) is 0. The van der Waals surface area contributed by atoms with E-state index in [0.717, 1.165) is 11.4 Å². The van der Waals surface area contributed by atoms with Crippen molar-refractivity contribution in [1.82, 2.24) is 0 Å². The largest absolute Gasteiger partial charge is 0.0840 e. The Morgan fingerprint density at radius 2 is 1.41 bits per heavy atom. The van der Waals surface area contributed by atoms with Gasteiger partial charge in [-0.15, -0.1) is 0 Å². The fourth-order valence-corrected chi connectivity index (χ4v) is 2.99. The van der Waals surface area contributed by atoms with Crippen LogP contribution in [-0.2, 0) is 17.3 Å². The molecule has 2 rings (SSSR count). The first-order chi connectivity index (χ1) is 10.1. The van der Waals surface area contributed by atoms with Gasteiger partial charge in [0.1, 0.15) is 0 Å². The fourth-order valence-electron chi connectivity index (χ4n) is 2.79. The third-order valence-corrected chi connectivity index (χ3v) is 4.49. The average molecular weight is 315 g/mol. The minimum Gasteiger partial charge on any atom is -0.0840 e. The maximum atomic E-state index is 6.37. The molecule has 0 N–H and O–H groups in total. The number of rotatable bonds is 2. The van der Waals surface area contributed by atoms with Gasteiger partial charge in [-0.05, 0) is 45.6 Å². The van der Waals surface area contributed by atoms with Gasteiger partial charge in [0, 0.05) is 5.02 Å². The SMILES string of the molecule is CC(C)(C)c1ccc(C(C)(C)C)c(Cc2ccccc2Cl)c1. The van der Waals surface area contributed by atoms with Gasteiger partial charge in [0.25, 0.3) is 0 Å². The topological polar surface area (TPSA) is 0 Å². The molecular weight excluding hydrogens is 288 g/mol. The van der Waals surface area contributed by atoms with Gasteiger partial charge in [0.15, 0.2) is 0 Å². The lowest BCUT2D eigenvalue weighted by molar-refractivity contribution is 0.571. The molecule has 0 aromatic heterocycles. The molecule has 0 saturated carbocycles. The van der Waals surface area contributed by atoms with E-state index < -0.39 is 0 Å². The molecule has 2 aromatic rings. The summed E-state index contributed by atoms with van der Waals surface area (Å²) in [7, 11) is 0. The van der Waals surface area contributed by atoms with Crippen LogP contribution in [0.15, 0.2) is 42.5 Å². The van der Waals surface area contributed by atoms with E-state index in [0.29, 0.717) is 0 Å². The second kappa shape index (κ2) is 6.08. The molecule has 118 valence electrons. The van der Waals surface area contributed by atoms with Crippen molar-refractivity contribution in [1.29, 1.82) is 0 Å². The number of halogens is 1. The second-order valence-electron chi connectivity index (χ2n) is 8.14. The quantitative estimate of drug-likeness (QED) is 0.591. The summed E-state index contributed by atoms with van der Waals surface area (Å²) in [6.07, 6.45) is 0.885. The first-order valence-electron chi connectivity index (χ1n) is 7.96. The molecule has 0 aliphatic heterocycles. The van der Waals surface area contributed by atoms with E-state index >= 15 is 0 Å². The van der Waals surface area contributed by atoms with Crippen molar-refractivity contribution < 1.29 is 0 Å². The Kier molecular flexibility index (Phi) is 4.73. The van der Waals surface area contributed by atoms with E-state index in [4.69, 9.17) is 11.6 Å². The first kappa shape index (κ1) is 17.1. The molecule has 0 radical (unpaired) electrons. The monoisotopic (exact) mass is 314 g/mol. The molecule has 0 spiro atoms. The molecule has 0 heterocycles. The molecule has 0 nitrogen and oxygen atoms in total. The van der Waals surface area contributed by atoms with Crippen molar-refractivity contribution in [2.45, 2.75) is 58.8 Å². The Morgan fingerprint density at radius 3 is 1.95 bits per heavy atom. The minimum absolute atomic E-state index is 0.132. The summed E-state index contributed by atoms with van der Waals surface area (Å²) >= 11 is 6.37. The van der Waals surface area contributed by atoms with Gasteiger partial charge in [-0.25, -0.2) is 0 Å². The molecule has 0 aliphatic rings. The number of hydrogen-bond donors (Lipinski definition) is 0. The highest BCUT2D eigenvalue weighted by Crippen LogP contribution is 2.33. The molecule has 0 atom stereocenters. The van der Waals surface area contributed by atoms with Crippen LogP contribution in [0.4, 0.5) is 0 Å². The van der Waals surface area contributed by atoms with Crippen LogP contribution in [0.2, 0.25) is 5.02 Å². The molecular formula is C21H27Cl. The van der Waals surface area contributed by atoms with E-state index in [1.807, 2.05) is 12.1 Å². The lowest BCUT2D eigenvalue weighted by Gasteiger charge is -2.27. The zero-order valence-corrected chi connectivity index (χ0v) is 15.4. The Balaban J connectivity index is 2.53. The van der Waals surface area contributed by atoms with Gasteiger partial charge in [-0.1, -0.05) is 89.5 Å². The standard InChI is InChI=1S/C21H27Cl/c1-20(2,3)17-11-12-18(21(4,5)6)16(14-17)13-15-9-7-8-10-19(15)22/h7-12,14H,13H2,1-6H3. The maximum Gasteiger partial charge on any atom is 0.0441 e. The van der Waals surface area contributed by atoms with Gasteiger partial charge < -0.3 is 0 Å². The molecule has 0 unspecified atom stereocenters. The van der Waals surface area contributed by atoms with Crippen molar-refractivity contribution in [2.75, 3.05) is 0 Å². The zero-order valence-electron chi connectivity index (χ0n) is 14.6. The summed E-state index contributed by atoms with van der Waals surface area (Å²) in [6, 6.07) is 15.1. The lowest BCUT2D eigenvalue weighted by atomic mass is 9.78. The van der Waals surface area contributed by atoms with Gasteiger partial charge >= 0.3 is 0 Å². The third-order valence-electron chi connectivity index (χ3n) is 4.12. The summed E-state index contributed by atoms with van der Waals surface area (Å²) in [5.41, 5.74) is 5.65. The molecule has 0 saturated heterocycles. The molecule has 0 aliphatic carbocycles. The molecule has 22 heavy (non-hydrogen) atoms. The lowest BCUT2D eigenvalue weighted by Crippen LogP contribution is -2.17. The van der Waals surface area contributed by atoms with Crippen molar-refractivity contribution in [2.24, 2.45) is 0 Å². The predicted octanol–water partition coefficient (Wildman–Crippen LogP) is 6.53. The van der Waals surface area contributed by atoms with E-state index in [1.165, 1.54) is 22.3 Å². The van der Waals surface area contributed by atoms with Crippen LogP contribution in [0.3, 0.4) is 0 Å². The molecule has 2 aromatic carbocycles. The second-order valence-corrected chi connectivity index (χ2v) is 8.55. The number of hydrogen-bond acceptors (Lipinski definition) is 0. The summed E-state index contributed by atoms with van der Waals surface area (Å²) in [5.74, 6) is 0. The Morgan fingerprint density at radius 1 is 0.773 bits per heavy atom. The van der Waals surface area contributed by atoms with Crippen molar-refractivity contribution in [3.05, 3.63) is 69.7 Å². The summed E-state index contributed by atoms with van der Waals surface area (Å²) < 4.78 is 0. The molecule has 0 bridgehead atoms. The Bertz CT molecular complexity index is 654. The van der Waals surface area contributed by atoms with Crippen LogP contribution in [0.25, 0.3) is 0 Å². The third kappa shape index (κ3) is 3.93. The van der Waals surface area contributed by atoms with Gasteiger partial charge in [0.05, 0.1) is 0 Å². The van der Waals surface area contributed by atoms with E-state index in [9.17, 15) is 0 Å². The van der Waals surface area contributed by atoms with E-state index in [-0.39, 0.29) is 10.8 Å².